The third-order valence-corrected chi connectivity index (χ3v) is 7.05. The Bertz CT molecular complexity index is 994. The highest BCUT2D eigenvalue weighted by Gasteiger charge is 2.37. The van der Waals surface area contributed by atoms with Crippen molar-refractivity contribution in [2.24, 2.45) is 4.99 Å². The molecule has 0 amide bonds. The topological polar surface area (TPSA) is 54.7 Å². The molecule has 2 aliphatic rings. The van der Waals surface area contributed by atoms with Crippen LogP contribution >= 0.6 is 11.6 Å². The number of anilines is 1. The lowest BCUT2D eigenvalue weighted by atomic mass is 9.94. The van der Waals surface area contributed by atoms with Gasteiger partial charge in [0, 0.05) is 48.1 Å². The highest BCUT2D eigenvalue weighted by Crippen LogP contribution is 2.36. The van der Waals surface area contributed by atoms with E-state index in [4.69, 9.17) is 11.6 Å². The van der Waals surface area contributed by atoms with Crippen molar-refractivity contribution in [3.8, 4) is 0 Å². The van der Waals surface area contributed by atoms with E-state index in [1.54, 1.807) is 0 Å². The summed E-state index contributed by atoms with van der Waals surface area (Å²) in [5.41, 5.74) is 5.68. The number of nitrogens with zero attached hydrogens (tertiary/aromatic N) is 3. The second kappa shape index (κ2) is 18.0. The van der Waals surface area contributed by atoms with Gasteiger partial charge in [0.1, 0.15) is 12.4 Å². The molecule has 0 aromatic heterocycles. The number of amidine groups is 1. The van der Waals surface area contributed by atoms with Crippen molar-refractivity contribution in [1.82, 2.24) is 15.5 Å². The van der Waals surface area contributed by atoms with E-state index in [1.165, 1.54) is 17.7 Å². The van der Waals surface area contributed by atoms with Crippen molar-refractivity contribution in [3.63, 3.8) is 0 Å². The molecule has 6 nitrogen and oxygen atoms in total. The third kappa shape index (κ3) is 8.82. The summed E-state index contributed by atoms with van der Waals surface area (Å²) in [7, 11) is 5.95. The SMILES string of the molecule is C=NC1=[N+](/C=C(/C)CCC(CNC)NC)C(C2CCCCN2C(=C)c2cc(Cl)ccc2NC)=C1.CC.CC. The zero-order valence-electron chi connectivity index (χ0n) is 25.1. The molecule has 2 heterocycles. The van der Waals surface area contributed by atoms with Gasteiger partial charge in [-0.05, 0) is 76.9 Å². The zero-order chi connectivity index (χ0) is 28.7. The van der Waals surface area contributed by atoms with Crippen LogP contribution in [0.2, 0.25) is 5.02 Å². The van der Waals surface area contributed by atoms with Gasteiger partial charge in [0.05, 0.1) is 18.3 Å². The van der Waals surface area contributed by atoms with Crippen molar-refractivity contribution >= 4 is 35.5 Å². The molecule has 1 aromatic rings. The van der Waals surface area contributed by atoms with E-state index in [2.05, 4.69) is 62.9 Å². The lowest BCUT2D eigenvalue weighted by molar-refractivity contribution is -0.423. The number of nitrogens with one attached hydrogen (secondary N) is 3. The fourth-order valence-corrected chi connectivity index (χ4v) is 5.00. The number of aliphatic imine (C=N–C) groups is 1. The lowest BCUT2D eigenvalue weighted by Gasteiger charge is -2.40. The molecule has 1 fully saturated rings. The van der Waals surface area contributed by atoms with Crippen LogP contribution < -0.4 is 16.0 Å². The third-order valence-electron chi connectivity index (χ3n) is 6.81. The molecule has 0 spiro atoms. The first-order valence-electron chi connectivity index (χ1n) is 14.2. The number of likely N-dealkylation sites (tertiary alicyclic amines) is 1. The Morgan fingerprint density at radius 2 is 1.92 bits per heavy atom. The zero-order valence-corrected chi connectivity index (χ0v) is 25.9. The van der Waals surface area contributed by atoms with Gasteiger partial charge in [-0.1, -0.05) is 50.9 Å². The highest BCUT2D eigenvalue weighted by atomic mass is 35.5. The van der Waals surface area contributed by atoms with Gasteiger partial charge < -0.3 is 20.9 Å². The smallest absolute Gasteiger partial charge is 0.331 e. The summed E-state index contributed by atoms with van der Waals surface area (Å²) in [5, 5.41) is 10.6. The first-order chi connectivity index (χ1) is 18.4. The fourth-order valence-electron chi connectivity index (χ4n) is 4.83. The second-order valence-corrected chi connectivity index (χ2v) is 9.54. The van der Waals surface area contributed by atoms with Gasteiger partial charge in [0.25, 0.3) is 0 Å². The summed E-state index contributed by atoms with van der Waals surface area (Å²) < 4.78 is 2.22. The van der Waals surface area contributed by atoms with Gasteiger partial charge in [0.15, 0.2) is 0 Å². The number of allylic oxidation sites excluding steroid dienone is 1. The van der Waals surface area contributed by atoms with Crippen molar-refractivity contribution in [1.29, 1.82) is 0 Å². The van der Waals surface area contributed by atoms with Crippen LogP contribution in [0.3, 0.4) is 0 Å². The van der Waals surface area contributed by atoms with Gasteiger partial charge >= 0.3 is 5.84 Å². The summed E-state index contributed by atoms with van der Waals surface area (Å²) in [6.07, 6.45) is 9.94. The van der Waals surface area contributed by atoms with Crippen molar-refractivity contribution in [2.75, 3.05) is 39.5 Å². The summed E-state index contributed by atoms with van der Waals surface area (Å²) >= 11 is 6.35. The normalized spacial score (nSPS) is 17.7. The minimum Gasteiger partial charge on any atom is -0.388 e. The van der Waals surface area contributed by atoms with Gasteiger partial charge in [-0.2, -0.15) is 4.58 Å². The molecule has 7 heteroatoms. The number of rotatable bonds is 11. The standard InChI is InChI=1S/C27H40ClN6.2C2H6/c1-19(10-12-22(30-4)17-29-3)18-34-26(16-27(34)32-6)25-9-7-8-14-33(25)20(2)23-15-21(28)11-13-24(23)31-5;2*1-2/h11,13,15-16,18,22,25,29-31H,2,6-10,12,14,17H2,1,3-5H3;2*1-2H3/q+1;;/b19-18-;;. The van der Waals surface area contributed by atoms with Crippen LogP contribution in [0.5, 0.6) is 0 Å². The molecule has 1 aromatic carbocycles. The first-order valence-corrected chi connectivity index (χ1v) is 14.6. The largest absolute Gasteiger partial charge is 0.388 e. The summed E-state index contributed by atoms with van der Waals surface area (Å²) in [5.74, 6) is 0.907. The minimum atomic E-state index is 0.244. The molecule has 0 aliphatic carbocycles. The Labute approximate surface area is 237 Å². The van der Waals surface area contributed by atoms with E-state index in [9.17, 15) is 0 Å². The monoisotopic (exact) mass is 543 g/mol. The van der Waals surface area contributed by atoms with E-state index in [0.717, 1.165) is 66.6 Å². The molecule has 212 valence electrons. The minimum absolute atomic E-state index is 0.244. The van der Waals surface area contributed by atoms with Gasteiger partial charge in [0.2, 0.25) is 0 Å². The van der Waals surface area contributed by atoms with Crippen molar-refractivity contribution in [3.05, 3.63) is 58.9 Å². The summed E-state index contributed by atoms with van der Waals surface area (Å²) in [4.78, 5) is 6.69. The van der Waals surface area contributed by atoms with Crippen LogP contribution in [0.15, 0.2) is 53.3 Å². The maximum Gasteiger partial charge on any atom is 0.331 e. The predicted molar refractivity (Wildman–Crippen MR) is 170 cm³/mol. The van der Waals surface area contributed by atoms with Crippen LogP contribution in [0, 0.1) is 0 Å². The predicted octanol–water partition coefficient (Wildman–Crippen LogP) is 6.76. The van der Waals surface area contributed by atoms with Crippen LogP contribution in [0.4, 0.5) is 5.69 Å². The number of hydrogen-bond donors (Lipinski definition) is 3. The Hall–Kier alpha value is -2.41. The second-order valence-electron chi connectivity index (χ2n) is 9.10. The average molecular weight is 544 g/mol. The van der Waals surface area contributed by atoms with E-state index in [-0.39, 0.29) is 6.04 Å². The maximum absolute atomic E-state index is 6.35. The molecular weight excluding hydrogens is 492 g/mol. The lowest BCUT2D eigenvalue weighted by Crippen LogP contribution is -2.44. The molecule has 1 saturated heterocycles. The molecular formula is C31H52ClN6+. The number of halogens is 1. The molecule has 3 rings (SSSR count). The summed E-state index contributed by atoms with van der Waals surface area (Å²) in [6, 6.07) is 6.63. The van der Waals surface area contributed by atoms with Crippen LogP contribution in [0.25, 0.3) is 5.70 Å². The van der Waals surface area contributed by atoms with E-state index in [1.807, 2.05) is 67.0 Å². The van der Waals surface area contributed by atoms with E-state index >= 15 is 0 Å². The molecule has 2 atom stereocenters. The quantitative estimate of drug-likeness (QED) is 0.213. The van der Waals surface area contributed by atoms with Gasteiger partial charge in [-0.3, -0.25) is 0 Å². The first kappa shape index (κ1) is 33.6. The number of benzene rings is 1. The molecule has 38 heavy (non-hydrogen) atoms. The maximum atomic E-state index is 6.35. The van der Waals surface area contributed by atoms with Crippen molar-refractivity contribution in [2.45, 2.75) is 78.8 Å². The van der Waals surface area contributed by atoms with E-state index < -0.39 is 0 Å². The Balaban J connectivity index is 0.00000172. The number of likely N-dealkylation sites (N-methyl/N-ethyl adjacent to an activating group) is 2. The summed E-state index contributed by atoms with van der Waals surface area (Å²) in [6.45, 7) is 20.4. The molecule has 2 unspecified atom stereocenters. The van der Waals surface area contributed by atoms with Gasteiger partial charge in [-0.15, -0.1) is 0 Å². The van der Waals surface area contributed by atoms with Gasteiger partial charge in [-0.25, -0.2) is 0 Å². The molecule has 0 radical (unpaired) electrons. The van der Waals surface area contributed by atoms with Crippen LogP contribution in [0.1, 0.15) is 72.3 Å². The van der Waals surface area contributed by atoms with Crippen LogP contribution in [-0.4, -0.2) is 68.3 Å². The molecule has 0 bridgehead atoms. The highest BCUT2D eigenvalue weighted by molar-refractivity contribution is 6.30. The Kier molecular flexibility index (Phi) is 15.9. The van der Waals surface area contributed by atoms with E-state index in [0.29, 0.717) is 6.04 Å². The van der Waals surface area contributed by atoms with Crippen molar-refractivity contribution < 1.29 is 4.58 Å². The Morgan fingerprint density at radius 1 is 1.21 bits per heavy atom. The molecule has 2 aliphatic heterocycles. The van der Waals surface area contributed by atoms with Crippen LogP contribution in [-0.2, 0) is 0 Å². The number of piperidine rings is 1. The number of hydrogen-bond acceptors (Lipinski definition) is 5. The fraction of sp³-hybridized carbons (Fsp3) is 0.548. The Morgan fingerprint density at radius 3 is 2.53 bits per heavy atom. The molecule has 3 N–H and O–H groups in total. The average Bonchev–Trinajstić information content (AvgIpc) is 2.95. The molecule has 0 saturated carbocycles.